The van der Waals surface area contributed by atoms with Crippen LogP contribution in [-0.2, 0) is 35.3 Å². The number of imide groups is 1. The molecule has 1 aliphatic rings. The maximum atomic E-state index is 15.5. The summed E-state index contributed by atoms with van der Waals surface area (Å²) in [6.45, 7) is 20.5. The molecular formula is C54H79F2N7O8SSi2. The molecule has 0 fully saturated rings. The highest BCUT2D eigenvalue weighted by Crippen LogP contribution is 2.41. The summed E-state index contributed by atoms with van der Waals surface area (Å²) in [6, 6.07) is 14.5. The number of carbonyl (C=O) groups excluding carboxylic acids is 6. The van der Waals surface area contributed by atoms with Crippen LogP contribution < -0.4 is 16.0 Å². The molecule has 7 amide bonds. The number of thioether (sulfide) groups is 1. The Morgan fingerprint density at radius 2 is 1.43 bits per heavy atom. The first kappa shape index (κ1) is 60.9. The average Bonchev–Trinajstić information content (AvgIpc) is 3.87. The van der Waals surface area contributed by atoms with Gasteiger partial charge >= 0.3 is 6.09 Å². The third kappa shape index (κ3) is 20.6. The zero-order valence-corrected chi connectivity index (χ0v) is 47.7. The minimum atomic E-state index is -1.62. The van der Waals surface area contributed by atoms with Gasteiger partial charge in [-0.3, -0.25) is 33.7 Å². The summed E-state index contributed by atoms with van der Waals surface area (Å²) in [5.41, 5.74) is 1.43. The third-order valence-electron chi connectivity index (χ3n) is 12.5. The highest BCUT2D eigenvalue weighted by Gasteiger charge is 2.38. The van der Waals surface area contributed by atoms with Crippen molar-refractivity contribution in [2.75, 3.05) is 50.8 Å². The van der Waals surface area contributed by atoms with Crippen LogP contribution in [0.15, 0.2) is 72.9 Å². The number of aromatic nitrogens is 1. The second-order valence-corrected chi connectivity index (χ2v) is 34.8. The van der Waals surface area contributed by atoms with Crippen LogP contribution in [0.4, 0.5) is 13.6 Å². The molecule has 20 heteroatoms. The molecule has 0 saturated carbocycles. The number of nitrogens with zero attached hydrogens (tertiary/aromatic N) is 4. The van der Waals surface area contributed by atoms with Gasteiger partial charge in [0.2, 0.25) is 23.6 Å². The molecule has 0 unspecified atom stereocenters. The Morgan fingerprint density at radius 3 is 2.07 bits per heavy atom. The van der Waals surface area contributed by atoms with E-state index in [1.54, 1.807) is 17.2 Å². The first-order valence-electron chi connectivity index (χ1n) is 25.6. The second kappa shape index (κ2) is 28.3. The van der Waals surface area contributed by atoms with Crippen LogP contribution >= 0.6 is 11.8 Å². The van der Waals surface area contributed by atoms with E-state index in [4.69, 9.17) is 0 Å². The van der Waals surface area contributed by atoms with Gasteiger partial charge < -0.3 is 35.4 Å². The van der Waals surface area contributed by atoms with E-state index in [0.717, 1.165) is 29.8 Å². The SMILES string of the molecule is CC(C)(C)[C@H](c1cc(-c2cc(F)ccc2F)cn1Cc1ccccc1)N(CCCN(CC[Si](C)(C)C)C(=O)O)C(=O)CSC[C@H](NC(=O)CC[Si](C)(C)C)C(=O)NCCNC(=O)CCCCCN1C(=O)C=CC1=O. The van der Waals surface area contributed by atoms with Crippen molar-refractivity contribution in [3.63, 3.8) is 0 Å². The first-order chi connectivity index (χ1) is 34.7. The number of nitrogens with one attached hydrogen (secondary N) is 3. The number of benzene rings is 2. The third-order valence-corrected chi connectivity index (χ3v) is 17.0. The number of carbonyl (C=O) groups is 7. The molecule has 2 aromatic carbocycles. The van der Waals surface area contributed by atoms with Crippen LogP contribution in [0.3, 0.4) is 0 Å². The molecule has 0 bridgehead atoms. The first-order valence-corrected chi connectivity index (χ1v) is 34.2. The second-order valence-electron chi connectivity index (χ2n) is 22.5. The average molecular weight is 1080 g/mol. The van der Waals surface area contributed by atoms with E-state index in [-0.39, 0.29) is 92.2 Å². The van der Waals surface area contributed by atoms with Gasteiger partial charge in [0.05, 0.1) is 11.8 Å². The van der Waals surface area contributed by atoms with Gasteiger partial charge in [-0.15, -0.1) is 11.8 Å². The number of hydrogen-bond acceptors (Lipinski definition) is 8. The lowest BCUT2D eigenvalue weighted by molar-refractivity contribution is -0.137. The van der Waals surface area contributed by atoms with Crippen LogP contribution in [0.25, 0.3) is 11.1 Å². The molecule has 0 aliphatic carbocycles. The Balaban J connectivity index is 1.56. The van der Waals surface area contributed by atoms with Gasteiger partial charge in [0, 0.05) is 116 Å². The molecule has 2 atom stereocenters. The van der Waals surface area contributed by atoms with Gasteiger partial charge in [0.15, 0.2) is 0 Å². The molecule has 1 aromatic heterocycles. The van der Waals surface area contributed by atoms with Crippen LogP contribution in [0.5, 0.6) is 0 Å². The van der Waals surface area contributed by atoms with Crippen molar-refractivity contribution in [3.8, 4) is 11.1 Å². The number of halogens is 2. The fourth-order valence-electron chi connectivity index (χ4n) is 8.48. The fraction of sp³-hybridized carbons (Fsp3) is 0.537. The molecule has 0 spiro atoms. The summed E-state index contributed by atoms with van der Waals surface area (Å²) >= 11 is 1.18. The summed E-state index contributed by atoms with van der Waals surface area (Å²) in [5, 5.41) is 18.7. The summed E-state index contributed by atoms with van der Waals surface area (Å²) in [4.78, 5) is 95.0. The predicted molar refractivity (Wildman–Crippen MR) is 294 cm³/mol. The highest BCUT2D eigenvalue weighted by molar-refractivity contribution is 8.00. The summed E-state index contributed by atoms with van der Waals surface area (Å²) in [7, 11) is -3.22. The van der Waals surface area contributed by atoms with Gasteiger partial charge in [-0.05, 0) is 66.6 Å². The molecule has 1 aliphatic heterocycles. The Morgan fingerprint density at radius 1 is 0.770 bits per heavy atom. The van der Waals surface area contributed by atoms with E-state index in [2.05, 4.69) is 55.2 Å². The van der Waals surface area contributed by atoms with Crippen LogP contribution in [0, 0.1) is 17.0 Å². The number of carboxylic acid groups (broad SMARTS) is 1. The van der Waals surface area contributed by atoms with E-state index in [0.29, 0.717) is 56.1 Å². The van der Waals surface area contributed by atoms with Gasteiger partial charge in [-0.25, -0.2) is 13.6 Å². The molecule has 4 rings (SSSR count). The van der Waals surface area contributed by atoms with E-state index in [1.165, 1.54) is 33.7 Å². The molecule has 4 N–H and O–H groups in total. The number of rotatable bonds is 30. The number of amides is 7. The van der Waals surface area contributed by atoms with Crippen LogP contribution in [0.2, 0.25) is 51.4 Å². The predicted octanol–water partition coefficient (Wildman–Crippen LogP) is 8.77. The van der Waals surface area contributed by atoms with Crippen LogP contribution in [-0.4, -0.2) is 139 Å². The van der Waals surface area contributed by atoms with Crippen molar-refractivity contribution in [1.29, 1.82) is 0 Å². The minimum Gasteiger partial charge on any atom is -0.465 e. The van der Waals surface area contributed by atoms with Gasteiger partial charge in [0.1, 0.15) is 17.7 Å². The molecule has 3 aromatic rings. The van der Waals surface area contributed by atoms with Crippen molar-refractivity contribution in [2.24, 2.45) is 5.41 Å². The van der Waals surface area contributed by atoms with Crippen molar-refractivity contribution >= 4 is 69.4 Å². The fourth-order valence-corrected chi connectivity index (χ4v) is 11.3. The van der Waals surface area contributed by atoms with Crippen LogP contribution in [0.1, 0.15) is 76.6 Å². The Hall–Kier alpha value is -5.61. The van der Waals surface area contributed by atoms with Crippen molar-refractivity contribution < 1.29 is 47.4 Å². The maximum Gasteiger partial charge on any atom is 0.407 e. The molecule has 406 valence electrons. The lowest BCUT2D eigenvalue weighted by atomic mass is 9.83. The van der Waals surface area contributed by atoms with E-state index in [1.807, 2.05) is 55.7 Å². The summed E-state index contributed by atoms with van der Waals surface area (Å²) in [5.74, 6) is -3.24. The number of unbranched alkanes of at least 4 members (excludes halogenated alkanes) is 2. The van der Waals surface area contributed by atoms with Crippen molar-refractivity contribution in [2.45, 2.75) is 129 Å². The summed E-state index contributed by atoms with van der Waals surface area (Å²) in [6.07, 6.45) is 5.73. The Kier molecular flexibility index (Phi) is 23.3. The quantitative estimate of drug-likeness (QED) is 0.0287. The zero-order valence-electron chi connectivity index (χ0n) is 44.9. The molecule has 15 nitrogen and oxygen atoms in total. The van der Waals surface area contributed by atoms with E-state index < -0.39 is 57.3 Å². The smallest absolute Gasteiger partial charge is 0.407 e. The monoisotopic (exact) mass is 1080 g/mol. The van der Waals surface area contributed by atoms with E-state index >= 15 is 4.39 Å². The standard InChI is InChI=1S/C54H79F2N7O8SSi2/c1-54(2,3)51(45-33-40(42-34-41(55)20-21-43(42)56)36-61(45)35-39-17-12-10-13-18-39)63(29-16-27-60(53(70)71)30-32-74(7,8)9)50(68)38-72-37-44(59-47(65)24-31-73(4,5)6)52(69)58-26-25-57-46(64)19-14-11-15-28-62-48(66)22-23-49(62)67/h10,12-13,17-18,20-23,33-34,36,44,51H,11,14-16,19,24-32,35,37-38H2,1-9H3,(H,57,64)(H,58,69)(H,59,65)(H,70,71)/t44-,51-/m0/s1. The molecule has 0 saturated heterocycles. The normalized spacial score (nSPS) is 13.7. The van der Waals surface area contributed by atoms with Crippen molar-refractivity contribution in [3.05, 3.63) is 95.8 Å². The maximum absolute atomic E-state index is 15.5. The molecule has 74 heavy (non-hydrogen) atoms. The Labute approximate surface area is 442 Å². The minimum absolute atomic E-state index is 0.0399. The lowest BCUT2D eigenvalue weighted by Crippen LogP contribution is -2.50. The van der Waals surface area contributed by atoms with Gasteiger partial charge in [-0.2, -0.15) is 0 Å². The van der Waals surface area contributed by atoms with Gasteiger partial charge in [-0.1, -0.05) is 96.8 Å². The largest absolute Gasteiger partial charge is 0.465 e. The topological polar surface area (TPSA) is 190 Å². The molecule has 2 heterocycles. The van der Waals surface area contributed by atoms with Gasteiger partial charge in [0.25, 0.3) is 11.8 Å². The van der Waals surface area contributed by atoms with Crippen molar-refractivity contribution in [1.82, 2.24) is 35.2 Å². The molecular weight excluding hydrogens is 1000 g/mol. The lowest BCUT2D eigenvalue weighted by Gasteiger charge is -2.41. The Bertz CT molecular complexity index is 2420. The molecule has 0 radical (unpaired) electrons. The highest BCUT2D eigenvalue weighted by atomic mass is 32.2. The zero-order chi connectivity index (χ0) is 54.8. The van der Waals surface area contributed by atoms with E-state index in [9.17, 15) is 43.1 Å². The summed E-state index contributed by atoms with van der Waals surface area (Å²) < 4.78 is 32.1. The number of hydrogen-bond donors (Lipinski definition) is 4.